The largest absolute Gasteiger partial charge is 0.370 e. The number of Topliss-reactive ketones (excluding diaryl/α,β-unsaturated/α-hetero) is 1. The van der Waals surface area contributed by atoms with E-state index >= 15 is 0 Å². The third-order valence-corrected chi connectivity index (χ3v) is 3.03. The van der Waals surface area contributed by atoms with Crippen molar-refractivity contribution in [1.82, 2.24) is 5.32 Å². The third kappa shape index (κ3) is 5.21. The Balaban J connectivity index is 2.55. The molecule has 0 spiro atoms. The minimum atomic E-state index is -0.637. The van der Waals surface area contributed by atoms with E-state index < -0.39 is 11.9 Å². The van der Waals surface area contributed by atoms with Crippen LogP contribution in [0.2, 0.25) is 0 Å². The normalized spacial score (nSPS) is 11.7. The van der Waals surface area contributed by atoms with Gasteiger partial charge in [-0.2, -0.15) is 0 Å². The predicted molar refractivity (Wildman–Crippen MR) is 74.5 cm³/mol. The Hall–Kier alpha value is -1.69. The maximum atomic E-state index is 12.0. The Bertz CT molecular complexity index is 485. The lowest BCUT2D eigenvalue weighted by Crippen LogP contribution is -2.38. The molecule has 0 saturated carbocycles. The van der Waals surface area contributed by atoms with Crippen LogP contribution in [-0.4, -0.2) is 23.6 Å². The van der Waals surface area contributed by atoms with Gasteiger partial charge in [-0.25, -0.2) is 0 Å². The van der Waals surface area contributed by atoms with Gasteiger partial charge in [-0.15, -0.1) is 0 Å². The molecule has 1 atom stereocenters. The molecule has 0 aromatic heterocycles. The first kappa shape index (κ1) is 15.4. The maximum Gasteiger partial charge on any atom is 0.221 e. The zero-order chi connectivity index (χ0) is 14.4. The number of nitrogens with one attached hydrogen (secondary N) is 1. The van der Waals surface area contributed by atoms with Gasteiger partial charge in [0.15, 0.2) is 5.78 Å². The van der Waals surface area contributed by atoms with Crippen LogP contribution < -0.4 is 11.1 Å². The van der Waals surface area contributed by atoms with Crippen molar-refractivity contribution in [2.45, 2.75) is 25.8 Å². The van der Waals surface area contributed by atoms with Crippen molar-refractivity contribution in [1.29, 1.82) is 0 Å². The summed E-state index contributed by atoms with van der Waals surface area (Å²) in [6.45, 7) is 1.60. The van der Waals surface area contributed by atoms with Gasteiger partial charge in [0.1, 0.15) is 0 Å². The predicted octanol–water partition coefficient (Wildman–Crippen LogP) is 1.40. The van der Waals surface area contributed by atoms with Crippen LogP contribution in [0.4, 0.5) is 0 Å². The van der Waals surface area contributed by atoms with Crippen molar-refractivity contribution in [3.05, 3.63) is 34.3 Å². The Labute approximate surface area is 119 Å². The number of carbonyl (C=O) groups is 3. The summed E-state index contributed by atoms with van der Waals surface area (Å²) in [5, 5.41) is 2.54. The number of primary amides is 1. The van der Waals surface area contributed by atoms with Crippen molar-refractivity contribution in [2.24, 2.45) is 5.73 Å². The fourth-order valence-corrected chi connectivity index (χ4v) is 1.74. The Morgan fingerprint density at radius 1 is 1.21 bits per heavy atom. The number of hydrogen-bond acceptors (Lipinski definition) is 3. The summed E-state index contributed by atoms with van der Waals surface area (Å²) in [5.41, 5.74) is 5.47. The number of halogens is 1. The number of ketones is 1. The number of amides is 2. The van der Waals surface area contributed by atoms with E-state index in [2.05, 4.69) is 21.2 Å². The molecule has 0 aliphatic heterocycles. The molecule has 0 saturated heterocycles. The molecule has 0 bridgehead atoms. The quantitative estimate of drug-likeness (QED) is 0.774. The molecule has 0 radical (unpaired) electrons. The highest BCUT2D eigenvalue weighted by Crippen LogP contribution is 2.12. The SMILES string of the molecule is CC(NC(=O)CCC(N)=O)C(=O)c1ccc(Br)cc1. The lowest BCUT2D eigenvalue weighted by molar-refractivity contribution is -0.125. The zero-order valence-electron chi connectivity index (χ0n) is 10.5. The van der Waals surface area contributed by atoms with Gasteiger partial charge in [-0.05, 0) is 19.1 Å². The summed E-state index contributed by atoms with van der Waals surface area (Å²) in [6.07, 6.45) is -0.0294. The number of carbonyl (C=O) groups excluding carboxylic acids is 3. The van der Waals surface area contributed by atoms with Gasteiger partial charge >= 0.3 is 0 Å². The molecule has 2 amide bonds. The number of rotatable bonds is 6. The van der Waals surface area contributed by atoms with E-state index in [4.69, 9.17) is 5.73 Å². The molecule has 0 fully saturated rings. The highest BCUT2D eigenvalue weighted by molar-refractivity contribution is 9.10. The molecule has 0 aliphatic rings. The molecular weight excluding hydrogens is 312 g/mol. The van der Waals surface area contributed by atoms with Gasteiger partial charge in [0, 0.05) is 22.9 Å². The summed E-state index contributed by atoms with van der Waals surface area (Å²) in [6, 6.07) is 6.24. The average molecular weight is 327 g/mol. The topological polar surface area (TPSA) is 89.3 Å². The number of hydrogen-bond donors (Lipinski definition) is 2. The molecule has 0 aliphatic carbocycles. The average Bonchev–Trinajstić information content (AvgIpc) is 2.36. The molecule has 1 rings (SSSR count). The van der Waals surface area contributed by atoms with Gasteiger partial charge in [0.2, 0.25) is 11.8 Å². The van der Waals surface area contributed by atoms with Crippen LogP contribution in [-0.2, 0) is 9.59 Å². The van der Waals surface area contributed by atoms with E-state index in [1.54, 1.807) is 31.2 Å². The van der Waals surface area contributed by atoms with Crippen molar-refractivity contribution >= 4 is 33.5 Å². The molecule has 0 heterocycles. The molecule has 102 valence electrons. The minimum Gasteiger partial charge on any atom is -0.370 e. The molecule has 3 N–H and O–H groups in total. The number of benzene rings is 1. The van der Waals surface area contributed by atoms with Crippen LogP contribution in [0.3, 0.4) is 0 Å². The van der Waals surface area contributed by atoms with E-state index in [0.717, 1.165) is 4.47 Å². The van der Waals surface area contributed by atoms with Crippen LogP contribution in [0.5, 0.6) is 0 Å². The first-order valence-electron chi connectivity index (χ1n) is 5.77. The molecule has 6 heteroatoms. The second-order valence-electron chi connectivity index (χ2n) is 4.13. The standard InChI is InChI=1S/C13H15BrN2O3/c1-8(16-12(18)7-6-11(15)17)13(19)9-2-4-10(14)5-3-9/h2-5,8H,6-7H2,1H3,(H2,15,17)(H,16,18). The van der Waals surface area contributed by atoms with Gasteiger partial charge < -0.3 is 11.1 Å². The Morgan fingerprint density at radius 3 is 2.32 bits per heavy atom. The monoisotopic (exact) mass is 326 g/mol. The van der Waals surface area contributed by atoms with Crippen molar-refractivity contribution in [3.8, 4) is 0 Å². The van der Waals surface area contributed by atoms with Crippen LogP contribution in [0.15, 0.2) is 28.7 Å². The van der Waals surface area contributed by atoms with Crippen LogP contribution in [0, 0.1) is 0 Å². The van der Waals surface area contributed by atoms with Gasteiger partial charge in [-0.3, -0.25) is 14.4 Å². The summed E-state index contributed by atoms with van der Waals surface area (Å²) in [7, 11) is 0. The lowest BCUT2D eigenvalue weighted by atomic mass is 10.1. The van der Waals surface area contributed by atoms with Crippen molar-refractivity contribution in [2.75, 3.05) is 0 Å². The minimum absolute atomic E-state index is 0.00666. The van der Waals surface area contributed by atoms with Gasteiger partial charge in [0.25, 0.3) is 0 Å². The smallest absolute Gasteiger partial charge is 0.221 e. The van der Waals surface area contributed by atoms with Crippen molar-refractivity contribution in [3.63, 3.8) is 0 Å². The van der Waals surface area contributed by atoms with E-state index in [-0.39, 0.29) is 24.5 Å². The number of nitrogens with two attached hydrogens (primary N) is 1. The third-order valence-electron chi connectivity index (χ3n) is 2.50. The van der Waals surface area contributed by atoms with Gasteiger partial charge in [0.05, 0.1) is 6.04 Å². The lowest BCUT2D eigenvalue weighted by Gasteiger charge is -2.12. The summed E-state index contributed by atoms with van der Waals surface area (Å²) in [4.78, 5) is 34.0. The summed E-state index contributed by atoms with van der Waals surface area (Å²) < 4.78 is 0.877. The molecule has 1 aromatic carbocycles. The highest BCUT2D eigenvalue weighted by Gasteiger charge is 2.17. The van der Waals surface area contributed by atoms with E-state index in [1.807, 2.05) is 0 Å². The first-order chi connectivity index (χ1) is 8.90. The van der Waals surface area contributed by atoms with Gasteiger partial charge in [-0.1, -0.05) is 28.1 Å². The van der Waals surface area contributed by atoms with E-state index in [1.165, 1.54) is 0 Å². The van der Waals surface area contributed by atoms with Crippen LogP contribution in [0.25, 0.3) is 0 Å². The van der Waals surface area contributed by atoms with Crippen molar-refractivity contribution < 1.29 is 14.4 Å². The Kier molecular flexibility index (Phi) is 5.69. The fourth-order valence-electron chi connectivity index (χ4n) is 1.48. The second-order valence-corrected chi connectivity index (χ2v) is 5.04. The Morgan fingerprint density at radius 2 is 1.79 bits per heavy atom. The van der Waals surface area contributed by atoms with E-state index in [0.29, 0.717) is 5.56 Å². The summed E-state index contributed by atoms with van der Waals surface area (Å²) >= 11 is 3.28. The zero-order valence-corrected chi connectivity index (χ0v) is 12.1. The fraction of sp³-hybridized carbons (Fsp3) is 0.308. The first-order valence-corrected chi connectivity index (χ1v) is 6.57. The summed E-state index contributed by atoms with van der Waals surface area (Å²) in [5.74, 6) is -1.08. The van der Waals surface area contributed by atoms with Crippen LogP contribution >= 0.6 is 15.9 Å². The molecule has 5 nitrogen and oxygen atoms in total. The maximum absolute atomic E-state index is 12.0. The molecule has 1 unspecified atom stereocenters. The molecular formula is C13H15BrN2O3. The van der Waals surface area contributed by atoms with Crippen LogP contribution in [0.1, 0.15) is 30.1 Å². The molecule has 19 heavy (non-hydrogen) atoms. The highest BCUT2D eigenvalue weighted by atomic mass is 79.9. The molecule has 1 aromatic rings. The van der Waals surface area contributed by atoms with E-state index in [9.17, 15) is 14.4 Å². The second kappa shape index (κ2) is 7.04.